The van der Waals surface area contributed by atoms with E-state index >= 15 is 0 Å². The number of nitrogens with zero attached hydrogens (tertiary/aromatic N) is 2. The van der Waals surface area contributed by atoms with Gasteiger partial charge in [-0.3, -0.25) is 9.59 Å². The Morgan fingerprint density at radius 3 is 2.25 bits per heavy atom. The van der Waals surface area contributed by atoms with Crippen molar-refractivity contribution in [2.24, 2.45) is 0 Å². The molecular weight excluding hydrogens is 292 g/mol. The summed E-state index contributed by atoms with van der Waals surface area (Å²) in [5.74, 6) is 0. The SMILES string of the molecule is O=Cc1nnc(Br)c(Br)c1C=O. The van der Waals surface area contributed by atoms with Crippen molar-refractivity contribution >= 4 is 44.4 Å². The lowest BCUT2D eigenvalue weighted by molar-refractivity contribution is 0.109. The largest absolute Gasteiger partial charge is 0.298 e. The average molecular weight is 294 g/mol. The standard InChI is InChI=1S/C6H2Br2N2O2/c7-5-3(1-11)4(2-12)9-10-6(5)8/h1-2H. The molecule has 0 fully saturated rings. The molecule has 1 rings (SSSR count). The third-order valence-corrected chi connectivity index (χ3v) is 3.06. The van der Waals surface area contributed by atoms with E-state index in [2.05, 4.69) is 42.1 Å². The molecule has 4 nitrogen and oxygen atoms in total. The average Bonchev–Trinajstić information content (AvgIpc) is 2.09. The molecule has 0 aliphatic carbocycles. The minimum Gasteiger partial charge on any atom is -0.298 e. The number of carbonyl (C=O) groups is 2. The van der Waals surface area contributed by atoms with Crippen LogP contribution in [-0.2, 0) is 0 Å². The number of hydrogen-bond donors (Lipinski definition) is 0. The molecule has 1 aromatic heterocycles. The fraction of sp³-hybridized carbons (Fsp3) is 0. The van der Waals surface area contributed by atoms with Crippen molar-refractivity contribution in [1.82, 2.24) is 10.2 Å². The maximum atomic E-state index is 10.5. The summed E-state index contributed by atoms with van der Waals surface area (Å²) in [6.45, 7) is 0. The number of aldehydes is 2. The highest BCUT2D eigenvalue weighted by Gasteiger charge is 2.10. The smallest absolute Gasteiger partial charge is 0.171 e. The quantitative estimate of drug-likeness (QED) is 0.778. The van der Waals surface area contributed by atoms with Crippen molar-refractivity contribution in [1.29, 1.82) is 0 Å². The Labute approximate surface area is 84.6 Å². The Kier molecular flexibility index (Phi) is 3.05. The van der Waals surface area contributed by atoms with Crippen molar-refractivity contribution < 1.29 is 9.59 Å². The van der Waals surface area contributed by atoms with Crippen LogP contribution in [0.4, 0.5) is 0 Å². The molecule has 1 aromatic rings. The fourth-order valence-corrected chi connectivity index (χ4v) is 1.29. The molecule has 0 bridgehead atoms. The van der Waals surface area contributed by atoms with Gasteiger partial charge in [-0.25, -0.2) is 0 Å². The first kappa shape index (κ1) is 9.47. The highest BCUT2D eigenvalue weighted by atomic mass is 79.9. The van der Waals surface area contributed by atoms with Crippen LogP contribution in [0.3, 0.4) is 0 Å². The summed E-state index contributed by atoms with van der Waals surface area (Å²) in [6, 6.07) is 0. The number of hydrogen-bond acceptors (Lipinski definition) is 4. The molecule has 0 saturated heterocycles. The lowest BCUT2D eigenvalue weighted by Crippen LogP contribution is -2.00. The molecule has 1 heterocycles. The Balaban J connectivity index is 3.45. The van der Waals surface area contributed by atoms with Gasteiger partial charge >= 0.3 is 0 Å². The Morgan fingerprint density at radius 1 is 1.08 bits per heavy atom. The van der Waals surface area contributed by atoms with Crippen LogP contribution in [-0.4, -0.2) is 22.8 Å². The molecular formula is C6H2Br2N2O2. The first-order chi connectivity index (χ1) is 5.70. The van der Waals surface area contributed by atoms with Crippen molar-refractivity contribution in [2.75, 3.05) is 0 Å². The van der Waals surface area contributed by atoms with Gasteiger partial charge in [0.1, 0.15) is 10.3 Å². The van der Waals surface area contributed by atoms with Gasteiger partial charge in [-0.15, -0.1) is 10.2 Å². The topological polar surface area (TPSA) is 59.9 Å². The second kappa shape index (κ2) is 3.86. The van der Waals surface area contributed by atoms with E-state index in [1.54, 1.807) is 0 Å². The zero-order chi connectivity index (χ0) is 9.14. The van der Waals surface area contributed by atoms with E-state index in [0.29, 0.717) is 21.6 Å². The van der Waals surface area contributed by atoms with E-state index in [4.69, 9.17) is 0 Å². The molecule has 0 atom stereocenters. The molecule has 0 aliphatic heterocycles. The zero-order valence-corrected chi connectivity index (χ0v) is 8.79. The van der Waals surface area contributed by atoms with Gasteiger partial charge in [0.05, 0.1) is 10.0 Å². The summed E-state index contributed by atoms with van der Waals surface area (Å²) >= 11 is 6.15. The molecule has 0 aliphatic rings. The van der Waals surface area contributed by atoms with Gasteiger partial charge in [0.15, 0.2) is 12.6 Å². The van der Waals surface area contributed by atoms with Gasteiger partial charge < -0.3 is 0 Å². The van der Waals surface area contributed by atoms with Crippen LogP contribution >= 0.6 is 31.9 Å². The molecule has 0 amide bonds. The lowest BCUT2D eigenvalue weighted by Gasteiger charge is -1.98. The first-order valence-electron chi connectivity index (χ1n) is 2.82. The van der Waals surface area contributed by atoms with Crippen LogP contribution in [0.15, 0.2) is 9.08 Å². The van der Waals surface area contributed by atoms with Crippen molar-refractivity contribution in [3.63, 3.8) is 0 Å². The van der Waals surface area contributed by atoms with E-state index in [1.165, 1.54) is 0 Å². The summed E-state index contributed by atoms with van der Waals surface area (Å²) in [7, 11) is 0. The Morgan fingerprint density at radius 2 is 1.75 bits per heavy atom. The zero-order valence-electron chi connectivity index (χ0n) is 5.62. The van der Waals surface area contributed by atoms with Crippen LogP contribution in [0.25, 0.3) is 0 Å². The van der Waals surface area contributed by atoms with Gasteiger partial charge in [-0.1, -0.05) is 0 Å². The molecule has 0 unspecified atom stereocenters. The molecule has 0 N–H and O–H groups in total. The minimum atomic E-state index is 0.0278. The van der Waals surface area contributed by atoms with Crippen molar-refractivity contribution in [3.8, 4) is 0 Å². The maximum absolute atomic E-state index is 10.5. The highest BCUT2D eigenvalue weighted by Crippen LogP contribution is 2.23. The van der Waals surface area contributed by atoms with Crippen molar-refractivity contribution in [2.45, 2.75) is 0 Å². The summed E-state index contributed by atoms with van der Waals surface area (Å²) < 4.78 is 0.838. The van der Waals surface area contributed by atoms with Crippen LogP contribution in [0.2, 0.25) is 0 Å². The molecule has 12 heavy (non-hydrogen) atoms. The Hall–Kier alpha value is -0.620. The van der Waals surface area contributed by atoms with Crippen LogP contribution in [0.1, 0.15) is 20.8 Å². The predicted octanol–water partition coefficient (Wildman–Crippen LogP) is 1.63. The highest BCUT2D eigenvalue weighted by molar-refractivity contribution is 9.13. The summed E-state index contributed by atoms with van der Waals surface area (Å²) in [4.78, 5) is 20.8. The van der Waals surface area contributed by atoms with Crippen LogP contribution < -0.4 is 0 Å². The van der Waals surface area contributed by atoms with Crippen LogP contribution in [0.5, 0.6) is 0 Å². The van der Waals surface area contributed by atoms with E-state index < -0.39 is 0 Å². The lowest BCUT2D eigenvalue weighted by atomic mass is 10.2. The van der Waals surface area contributed by atoms with E-state index in [1.807, 2.05) is 0 Å². The normalized spacial score (nSPS) is 9.50. The van der Waals surface area contributed by atoms with Crippen molar-refractivity contribution in [3.05, 3.63) is 20.3 Å². The number of halogens is 2. The number of aromatic nitrogens is 2. The van der Waals surface area contributed by atoms with E-state index in [9.17, 15) is 9.59 Å². The van der Waals surface area contributed by atoms with Gasteiger partial charge in [0, 0.05) is 0 Å². The first-order valence-corrected chi connectivity index (χ1v) is 4.41. The maximum Gasteiger partial charge on any atom is 0.171 e. The minimum absolute atomic E-state index is 0.0278. The van der Waals surface area contributed by atoms with Gasteiger partial charge in [0.25, 0.3) is 0 Å². The predicted molar refractivity (Wildman–Crippen MR) is 48.2 cm³/mol. The van der Waals surface area contributed by atoms with Gasteiger partial charge in [-0.05, 0) is 31.9 Å². The summed E-state index contributed by atoms with van der Waals surface area (Å²) in [5, 5.41) is 7.09. The number of carbonyl (C=O) groups excluding carboxylic acids is 2. The van der Waals surface area contributed by atoms with Crippen LogP contribution in [0, 0.1) is 0 Å². The van der Waals surface area contributed by atoms with E-state index in [-0.39, 0.29) is 11.3 Å². The second-order valence-electron chi connectivity index (χ2n) is 1.84. The molecule has 0 radical (unpaired) electrons. The second-order valence-corrected chi connectivity index (χ2v) is 3.38. The fourth-order valence-electron chi connectivity index (χ4n) is 0.618. The molecule has 0 aromatic carbocycles. The summed E-state index contributed by atoms with van der Waals surface area (Å²) in [5.41, 5.74) is 0.229. The molecule has 0 saturated carbocycles. The molecule has 62 valence electrons. The number of rotatable bonds is 2. The van der Waals surface area contributed by atoms with E-state index in [0.717, 1.165) is 0 Å². The third-order valence-electron chi connectivity index (χ3n) is 1.17. The third kappa shape index (κ3) is 1.59. The Bertz CT molecular complexity index is 341. The van der Waals surface area contributed by atoms with Gasteiger partial charge in [0.2, 0.25) is 0 Å². The van der Waals surface area contributed by atoms with Gasteiger partial charge in [-0.2, -0.15) is 0 Å². The summed E-state index contributed by atoms with van der Waals surface area (Å²) in [6.07, 6.45) is 1.03. The molecule has 0 spiro atoms. The monoisotopic (exact) mass is 292 g/mol. The molecule has 6 heteroatoms.